The van der Waals surface area contributed by atoms with E-state index in [2.05, 4.69) is 24.1 Å². The highest BCUT2D eigenvalue weighted by atomic mass is 35.5. The smallest absolute Gasteiger partial charge is 0.331 e. The zero-order valence-corrected chi connectivity index (χ0v) is 21.6. The van der Waals surface area contributed by atoms with Crippen molar-refractivity contribution in [2.75, 3.05) is 29.9 Å². The maximum absolute atomic E-state index is 13.0. The molecule has 6 heteroatoms. The quantitative estimate of drug-likeness (QED) is 0.248. The van der Waals surface area contributed by atoms with Gasteiger partial charge in [0.05, 0.1) is 24.4 Å². The molecule has 0 bridgehead atoms. The first kappa shape index (κ1) is 27.5. The Labute approximate surface area is 209 Å². The summed E-state index contributed by atoms with van der Waals surface area (Å²) >= 11 is 6.27. The number of amides is 1. The Balaban J connectivity index is 2.40. The van der Waals surface area contributed by atoms with E-state index in [4.69, 9.17) is 16.3 Å². The summed E-state index contributed by atoms with van der Waals surface area (Å²) in [5.41, 5.74) is 4.14. The zero-order chi connectivity index (χ0) is 24.9. The lowest BCUT2D eigenvalue weighted by Gasteiger charge is -2.28. The van der Waals surface area contributed by atoms with Crippen LogP contribution in [0.2, 0.25) is 5.02 Å². The van der Waals surface area contributed by atoms with Gasteiger partial charge in [0, 0.05) is 24.2 Å². The van der Waals surface area contributed by atoms with Crippen LogP contribution in [0.1, 0.15) is 64.5 Å². The molecule has 0 unspecified atom stereocenters. The number of unbranched alkanes of at least 4 members (excludes halogenated alkanes) is 2. The van der Waals surface area contributed by atoms with E-state index in [0.29, 0.717) is 11.6 Å². The van der Waals surface area contributed by atoms with Gasteiger partial charge in [0.15, 0.2) is 0 Å². The van der Waals surface area contributed by atoms with Crippen molar-refractivity contribution < 1.29 is 14.3 Å². The molecule has 0 atom stereocenters. The lowest BCUT2D eigenvalue weighted by atomic mass is 10.0. The lowest BCUT2D eigenvalue weighted by molar-refractivity contribution is -0.137. The van der Waals surface area contributed by atoms with E-state index in [9.17, 15) is 9.59 Å². The van der Waals surface area contributed by atoms with Gasteiger partial charge in [0.2, 0.25) is 5.91 Å². The molecule has 5 nitrogen and oxygen atoms in total. The van der Waals surface area contributed by atoms with Crippen LogP contribution in [-0.2, 0) is 20.7 Å². The standard InChI is InChI=1S/C28H37ClN2O3/c1-5-8-16-31(17-9-6-2)26-15-14-22(21(4)18-28(33)34-7-3)19-25(26)30-27(32)20-23-12-10-11-13-24(23)29/h10-15,18-19H,5-9,16-17,20H2,1-4H3,(H,30,32)/b21-18+. The molecule has 2 rings (SSSR count). The number of rotatable bonds is 13. The van der Waals surface area contributed by atoms with Crippen LogP contribution in [-0.4, -0.2) is 31.6 Å². The van der Waals surface area contributed by atoms with Crippen molar-refractivity contribution in [3.63, 3.8) is 0 Å². The van der Waals surface area contributed by atoms with Crippen molar-refractivity contribution >= 4 is 40.4 Å². The molecule has 0 heterocycles. The maximum atomic E-state index is 13.0. The number of allylic oxidation sites excluding steroid dienone is 1. The highest BCUT2D eigenvalue weighted by molar-refractivity contribution is 6.31. The van der Waals surface area contributed by atoms with Gasteiger partial charge in [-0.15, -0.1) is 0 Å². The van der Waals surface area contributed by atoms with Crippen LogP contribution in [0, 0.1) is 0 Å². The SMILES string of the molecule is CCCCN(CCCC)c1ccc(/C(C)=C/C(=O)OCC)cc1NC(=O)Cc1ccccc1Cl. The molecule has 0 radical (unpaired) electrons. The highest BCUT2D eigenvalue weighted by Crippen LogP contribution is 2.31. The normalized spacial score (nSPS) is 11.3. The Morgan fingerprint density at radius 3 is 2.32 bits per heavy atom. The molecule has 0 aliphatic rings. The summed E-state index contributed by atoms with van der Waals surface area (Å²) in [4.78, 5) is 27.3. The van der Waals surface area contributed by atoms with Crippen LogP contribution in [0.15, 0.2) is 48.5 Å². The van der Waals surface area contributed by atoms with E-state index in [0.717, 1.165) is 66.8 Å². The molecule has 1 N–H and O–H groups in total. The number of benzene rings is 2. The van der Waals surface area contributed by atoms with E-state index >= 15 is 0 Å². The molecule has 0 saturated heterocycles. The molecule has 1 amide bonds. The van der Waals surface area contributed by atoms with Crippen molar-refractivity contribution in [3.05, 3.63) is 64.7 Å². The zero-order valence-electron chi connectivity index (χ0n) is 20.8. The minimum atomic E-state index is -0.374. The first-order valence-electron chi connectivity index (χ1n) is 12.2. The number of ether oxygens (including phenoxy) is 1. The summed E-state index contributed by atoms with van der Waals surface area (Å²) in [6.45, 7) is 10.2. The molecule has 0 aromatic heterocycles. The van der Waals surface area contributed by atoms with E-state index in [1.165, 1.54) is 6.08 Å². The highest BCUT2D eigenvalue weighted by Gasteiger charge is 2.16. The second-order valence-electron chi connectivity index (χ2n) is 8.32. The van der Waals surface area contributed by atoms with Gasteiger partial charge in [-0.2, -0.15) is 0 Å². The molecule has 0 spiro atoms. The molecule has 0 aliphatic carbocycles. The summed E-state index contributed by atoms with van der Waals surface area (Å²) in [6.07, 6.45) is 6.00. The fourth-order valence-electron chi connectivity index (χ4n) is 3.66. The third kappa shape index (κ3) is 8.53. The predicted molar refractivity (Wildman–Crippen MR) is 143 cm³/mol. The minimum Gasteiger partial charge on any atom is -0.463 e. The summed E-state index contributed by atoms with van der Waals surface area (Å²) in [5.74, 6) is -0.509. The molecule has 2 aromatic rings. The van der Waals surface area contributed by atoms with Crippen molar-refractivity contribution in [2.45, 2.75) is 59.8 Å². The van der Waals surface area contributed by atoms with Crippen molar-refractivity contribution in [3.8, 4) is 0 Å². The van der Waals surface area contributed by atoms with E-state index in [-0.39, 0.29) is 18.3 Å². The minimum absolute atomic E-state index is 0.135. The van der Waals surface area contributed by atoms with Gasteiger partial charge in [-0.1, -0.05) is 62.6 Å². The number of carbonyl (C=O) groups excluding carboxylic acids is 2. The van der Waals surface area contributed by atoms with E-state index < -0.39 is 0 Å². The second kappa shape index (κ2) is 14.5. The Kier molecular flexibility index (Phi) is 11.7. The molecule has 2 aromatic carbocycles. The predicted octanol–water partition coefficient (Wildman–Crippen LogP) is 6.89. The maximum Gasteiger partial charge on any atom is 0.331 e. The largest absolute Gasteiger partial charge is 0.463 e. The summed E-state index contributed by atoms with van der Waals surface area (Å²) in [5, 5.41) is 3.69. The topological polar surface area (TPSA) is 58.6 Å². The fourth-order valence-corrected chi connectivity index (χ4v) is 3.86. The number of nitrogens with one attached hydrogen (secondary N) is 1. The molecule has 0 fully saturated rings. The van der Waals surface area contributed by atoms with Crippen molar-refractivity contribution in [2.24, 2.45) is 0 Å². The van der Waals surface area contributed by atoms with Crippen LogP contribution in [0.5, 0.6) is 0 Å². The summed E-state index contributed by atoms with van der Waals surface area (Å²) in [7, 11) is 0. The number of hydrogen-bond donors (Lipinski definition) is 1. The van der Waals surface area contributed by atoms with Gasteiger partial charge in [-0.3, -0.25) is 4.79 Å². The molecular weight excluding hydrogens is 448 g/mol. The number of nitrogens with zero attached hydrogens (tertiary/aromatic N) is 1. The van der Waals surface area contributed by atoms with Crippen molar-refractivity contribution in [1.82, 2.24) is 0 Å². The third-order valence-corrected chi connectivity index (χ3v) is 5.93. The third-order valence-electron chi connectivity index (χ3n) is 5.56. The Morgan fingerprint density at radius 2 is 1.71 bits per heavy atom. The van der Waals surface area contributed by atoms with Gasteiger partial charge < -0.3 is 15.0 Å². The number of carbonyl (C=O) groups is 2. The first-order chi connectivity index (χ1) is 16.4. The first-order valence-corrected chi connectivity index (χ1v) is 12.5. The number of esters is 1. The fraction of sp³-hybridized carbons (Fsp3) is 0.429. The van der Waals surface area contributed by atoms with E-state index in [1.807, 2.05) is 43.3 Å². The van der Waals surface area contributed by atoms with Gasteiger partial charge in [0.25, 0.3) is 0 Å². The average Bonchev–Trinajstić information content (AvgIpc) is 2.81. The lowest BCUT2D eigenvalue weighted by Crippen LogP contribution is -2.27. The van der Waals surface area contributed by atoms with Gasteiger partial charge >= 0.3 is 5.97 Å². The van der Waals surface area contributed by atoms with Gasteiger partial charge in [-0.05, 0) is 61.6 Å². The molecular formula is C28H37ClN2O3. The molecule has 34 heavy (non-hydrogen) atoms. The van der Waals surface area contributed by atoms with Gasteiger partial charge in [0.1, 0.15) is 0 Å². The Bertz CT molecular complexity index is 979. The number of halogens is 1. The Hall–Kier alpha value is -2.79. The molecule has 0 saturated carbocycles. The van der Waals surface area contributed by atoms with Crippen LogP contribution < -0.4 is 10.2 Å². The van der Waals surface area contributed by atoms with E-state index in [1.54, 1.807) is 13.0 Å². The summed E-state index contributed by atoms with van der Waals surface area (Å²) in [6, 6.07) is 13.3. The van der Waals surface area contributed by atoms with Crippen LogP contribution >= 0.6 is 11.6 Å². The molecule has 0 aliphatic heterocycles. The van der Waals surface area contributed by atoms with Crippen LogP contribution in [0.25, 0.3) is 5.57 Å². The van der Waals surface area contributed by atoms with Crippen LogP contribution in [0.4, 0.5) is 11.4 Å². The van der Waals surface area contributed by atoms with Crippen molar-refractivity contribution in [1.29, 1.82) is 0 Å². The number of hydrogen-bond acceptors (Lipinski definition) is 4. The average molecular weight is 485 g/mol. The molecule has 184 valence electrons. The Morgan fingerprint density at radius 1 is 1.03 bits per heavy atom. The van der Waals surface area contributed by atoms with Crippen LogP contribution in [0.3, 0.4) is 0 Å². The second-order valence-corrected chi connectivity index (χ2v) is 8.73. The monoisotopic (exact) mass is 484 g/mol. The summed E-state index contributed by atoms with van der Waals surface area (Å²) < 4.78 is 5.05. The van der Waals surface area contributed by atoms with Gasteiger partial charge in [-0.25, -0.2) is 4.79 Å². The number of anilines is 2.